The van der Waals surface area contributed by atoms with Crippen LogP contribution < -0.4 is 5.32 Å². The largest absolute Gasteiger partial charge is 0.383 e. The fourth-order valence-electron chi connectivity index (χ4n) is 2.75. The van der Waals surface area contributed by atoms with Gasteiger partial charge >= 0.3 is 0 Å². The number of likely N-dealkylation sites (tertiary alicyclic amines) is 1. The molecular formula is C16H26N2O. The van der Waals surface area contributed by atoms with E-state index in [1.807, 2.05) is 0 Å². The van der Waals surface area contributed by atoms with Crippen molar-refractivity contribution in [3.8, 4) is 0 Å². The molecule has 2 atom stereocenters. The highest BCUT2D eigenvalue weighted by Crippen LogP contribution is 2.15. The van der Waals surface area contributed by atoms with Crippen LogP contribution in [0.1, 0.15) is 31.4 Å². The van der Waals surface area contributed by atoms with Gasteiger partial charge in [0, 0.05) is 19.7 Å². The van der Waals surface area contributed by atoms with Crippen molar-refractivity contribution in [1.29, 1.82) is 0 Å². The number of hydrogen-bond acceptors (Lipinski definition) is 3. The van der Waals surface area contributed by atoms with Gasteiger partial charge in [0.25, 0.3) is 0 Å². The van der Waals surface area contributed by atoms with Gasteiger partial charge in [0.1, 0.15) is 0 Å². The fraction of sp³-hybridized carbons (Fsp3) is 0.625. The van der Waals surface area contributed by atoms with Crippen LogP contribution in [-0.2, 0) is 4.74 Å². The van der Waals surface area contributed by atoms with E-state index in [0.717, 1.165) is 13.2 Å². The van der Waals surface area contributed by atoms with E-state index < -0.39 is 0 Å². The third-order valence-corrected chi connectivity index (χ3v) is 3.96. The second-order valence-electron chi connectivity index (χ2n) is 5.42. The topological polar surface area (TPSA) is 24.5 Å². The molecule has 0 aromatic heterocycles. The van der Waals surface area contributed by atoms with Crippen LogP contribution in [0.4, 0.5) is 0 Å². The number of rotatable bonds is 7. The Bertz CT molecular complexity index is 349. The number of hydrogen-bond donors (Lipinski definition) is 1. The van der Waals surface area contributed by atoms with Crippen LogP contribution in [0.5, 0.6) is 0 Å². The molecule has 1 aromatic carbocycles. The standard InChI is InChI=1S/C16H26N2O/c1-14(18-10-6-7-11-18)12-17-16(13-19-2)15-8-4-3-5-9-15/h3-5,8-9,14,16-17H,6-7,10-13H2,1-2H3. The molecule has 0 bridgehead atoms. The molecule has 0 saturated carbocycles. The predicted molar refractivity (Wildman–Crippen MR) is 79.3 cm³/mol. The molecule has 19 heavy (non-hydrogen) atoms. The maximum atomic E-state index is 5.34. The van der Waals surface area contributed by atoms with Gasteiger partial charge in [-0.05, 0) is 38.4 Å². The highest BCUT2D eigenvalue weighted by Gasteiger charge is 2.19. The SMILES string of the molecule is COCC(NCC(C)N1CCCC1)c1ccccc1. The van der Waals surface area contributed by atoms with Gasteiger partial charge in [-0.25, -0.2) is 0 Å². The second kappa shape index (κ2) is 7.63. The molecular weight excluding hydrogens is 236 g/mol. The first kappa shape index (κ1) is 14.5. The minimum absolute atomic E-state index is 0.288. The summed E-state index contributed by atoms with van der Waals surface area (Å²) in [5.74, 6) is 0. The minimum Gasteiger partial charge on any atom is -0.383 e. The molecule has 1 N–H and O–H groups in total. The lowest BCUT2D eigenvalue weighted by Gasteiger charge is -2.27. The average Bonchev–Trinajstić information content (AvgIpc) is 2.98. The lowest BCUT2D eigenvalue weighted by atomic mass is 10.1. The Labute approximate surface area is 116 Å². The smallest absolute Gasteiger partial charge is 0.0657 e. The van der Waals surface area contributed by atoms with Crippen LogP contribution in [0, 0.1) is 0 Å². The van der Waals surface area contributed by atoms with Crippen molar-refractivity contribution in [2.24, 2.45) is 0 Å². The molecule has 0 aliphatic carbocycles. The number of benzene rings is 1. The minimum atomic E-state index is 0.288. The van der Waals surface area contributed by atoms with E-state index in [0.29, 0.717) is 6.04 Å². The Morgan fingerprint density at radius 1 is 1.21 bits per heavy atom. The van der Waals surface area contributed by atoms with Crippen LogP contribution in [0.2, 0.25) is 0 Å². The first-order valence-corrected chi connectivity index (χ1v) is 7.32. The predicted octanol–water partition coefficient (Wildman–Crippen LogP) is 2.45. The lowest BCUT2D eigenvalue weighted by Crippen LogP contribution is -2.40. The summed E-state index contributed by atoms with van der Waals surface area (Å²) in [4.78, 5) is 2.57. The second-order valence-corrected chi connectivity index (χ2v) is 5.42. The summed E-state index contributed by atoms with van der Waals surface area (Å²) in [6, 6.07) is 11.4. The van der Waals surface area contributed by atoms with Gasteiger partial charge in [0.15, 0.2) is 0 Å². The molecule has 1 aliphatic heterocycles. The van der Waals surface area contributed by atoms with E-state index in [1.54, 1.807) is 7.11 Å². The Morgan fingerprint density at radius 2 is 1.89 bits per heavy atom. The molecule has 2 unspecified atom stereocenters. The van der Waals surface area contributed by atoms with Crippen LogP contribution in [0.25, 0.3) is 0 Å². The maximum absolute atomic E-state index is 5.34. The molecule has 0 radical (unpaired) electrons. The Hall–Kier alpha value is -0.900. The molecule has 1 fully saturated rings. The van der Waals surface area contributed by atoms with Gasteiger partial charge in [-0.15, -0.1) is 0 Å². The van der Waals surface area contributed by atoms with E-state index in [-0.39, 0.29) is 6.04 Å². The summed E-state index contributed by atoms with van der Waals surface area (Å²) < 4.78 is 5.34. The highest BCUT2D eigenvalue weighted by molar-refractivity contribution is 5.19. The zero-order chi connectivity index (χ0) is 13.5. The molecule has 0 spiro atoms. The van der Waals surface area contributed by atoms with Crippen molar-refractivity contribution in [1.82, 2.24) is 10.2 Å². The van der Waals surface area contributed by atoms with Crippen molar-refractivity contribution in [3.05, 3.63) is 35.9 Å². The first-order chi connectivity index (χ1) is 9.31. The summed E-state index contributed by atoms with van der Waals surface area (Å²) in [6.45, 7) is 6.55. The highest BCUT2D eigenvalue weighted by atomic mass is 16.5. The summed E-state index contributed by atoms with van der Waals surface area (Å²) >= 11 is 0. The monoisotopic (exact) mass is 262 g/mol. The van der Waals surface area contributed by atoms with E-state index in [2.05, 4.69) is 47.5 Å². The molecule has 1 heterocycles. The maximum Gasteiger partial charge on any atom is 0.0657 e. The van der Waals surface area contributed by atoms with Gasteiger partial charge in [0.05, 0.1) is 12.6 Å². The van der Waals surface area contributed by atoms with Gasteiger partial charge in [-0.2, -0.15) is 0 Å². The van der Waals surface area contributed by atoms with Gasteiger partial charge < -0.3 is 10.1 Å². The third kappa shape index (κ3) is 4.30. The van der Waals surface area contributed by atoms with Crippen molar-refractivity contribution >= 4 is 0 Å². The van der Waals surface area contributed by atoms with Crippen molar-refractivity contribution in [3.63, 3.8) is 0 Å². The molecule has 2 rings (SSSR count). The third-order valence-electron chi connectivity index (χ3n) is 3.96. The van der Waals surface area contributed by atoms with Crippen molar-refractivity contribution in [2.45, 2.75) is 31.8 Å². The Kier molecular flexibility index (Phi) is 5.83. The molecule has 3 heteroatoms. The van der Waals surface area contributed by atoms with Gasteiger partial charge in [-0.3, -0.25) is 4.90 Å². The molecule has 106 valence electrons. The van der Waals surface area contributed by atoms with Crippen LogP contribution >= 0.6 is 0 Å². The average molecular weight is 262 g/mol. The fourth-order valence-corrected chi connectivity index (χ4v) is 2.75. The van der Waals surface area contributed by atoms with Crippen LogP contribution in [-0.4, -0.2) is 44.3 Å². The summed E-state index contributed by atoms with van der Waals surface area (Å²) in [5.41, 5.74) is 1.30. The summed E-state index contributed by atoms with van der Waals surface area (Å²) in [7, 11) is 1.77. The lowest BCUT2D eigenvalue weighted by molar-refractivity contribution is 0.159. The number of ether oxygens (including phenoxy) is 1. The van der Waals surface area contributed by atoms with E-state index in [1.165, 1.54) is 31.5 Å². The summed E-state index contributed by atoms with van der Waals surface area (Å²) in [6.07, 6.45) is 2.70. The van der Waals surface area contributed by atoms with Crippen molar-refractivity contribution in [2.75, 3.05) is 33.4 Å². The Balaban J connectivity index is 1.86. The molecule has 3 nitrogen and oxygen atoms in total. The number of methoxy groups -OCH3 is 1. The van der Waals surface area contributed by atoms with Crippen LogP contribution in [0.3, 0.4) is 0 Å². The zero-order valence-electron chi connectivity index (χ0n) is 12.1. The van der Waals surface area contributed by atoms with E-state index in [4.69, 9.17) is 4.74 Å². The Morgan fingerprint density at radius 3 is 2.53 bits per heavy atom. The molecule has 1 aromatic rings. The zero-order valence-corrected chi connectivity index (χ0v) is 12.1. The van der Waals surface area contributed by atoms with Crippen molar-refractivity contribution < 1.29 is 4.74 Å². The van der Waals surface area contributed by atoms with E-state index in [9.17, 15) is 0 Å². The van der Waals surface area contributed by atoms with E-state index >= 15 is 0 Å². The quantitative estimate of drug-likeness (QED) is 0.817. The van der Waals surface area contributed by atoms with Gasteiger partial charge in [0.2, 0.25) is 0 Å². The molecule has 1 aliphatic rings. The first-order valence-electron chi connectivity index (χ1n) is 7.32. The number of nitrogens with zero attached hydrogens (tertiary/aromatic N) is 1. The molecule has 0 amide bonds. The normalized spacial score (nSPS) is 19.5. The molecule has 1 saturated heterocycles. The van der Waals surface area contributed by atoms with Crippen LogP contribution in [0.15, 0.2) is 30.3 Å². The summed E-state index contributed by atoms with van der Waals surface area (Å²) in [5, 5.41) is 3.65. The number of nitrogens with one attached hydrogen (secondary N) is 1. The van der Waals surface area contributed by atoms with Gasteiger partial charge in [-0.1, -0.05) is 30.3 Å².